The highest BCUT2D eigenvalue weighted by Gasteiger charge is 2.26. The summed E-state index contributed by atoms with van der Waals surface area (Å²) in [7, 11) is 1.48. The molecule has 0 saturated carbocycles. The van der Waals surface area contributed by atoms with E-state index in [-0.39, 0.29) is 11.7 Å². The lowest BCUT2D eigenvalue weighted by molar-refractivity contribution is 0.105. The monoisotopic (exact) mass is 448 g/mol. The third-order valence-corrected chi connectivity index (χ3v) is 5.97. The van der Waals surface area contributed by atoms with E-state index in [4.69, 9.17) is 4.74 Å². The number of nitrogens with zero attached hydrogens (tertiary/aromatic N) is 3. The number of aromatic amines is 1. The van der Waals surface area contributed by atoms with Crippen molar-refractivity contribution in [3.8, 4) is 11.1 Å². The smallest absolute Gasteiger partial charge is 0.409 e. The van der Waals surface area contributed by atoms with E-state index in [0.717, 1.165) is 21.3 Å². The van der Waals surface area contributed by atoms with Crippen LogP contribution in [0.2, 0.25) is 0 Å². The predicted molar refractivity (Wildman–Crippen MR) is 128 cm³/mol. The summed E-state index contributed by atoms with van der Waals surface area (Å²) >= 11 is 0. The van der Waals surface area contributed by atoms with Gasteiger partial charge in [-0.2, -0.15) is 0 Å². The molecule has 1 aliphatic heterocycles. The largest absolute Gasteiger partial charge is 0.450 e. The Hall–Kier alpha value is -3.81. The third kappa shape index (κ3) is 4.69. The molecule has 0 bridgehead atoms. The number of ether oxygens (including phenoxy) is 1. The van der Waals surface area contributed by atoms with Gasteiger partial charge in [0.2, 0.25) is 0 Å². The molecular formula is C25H28N4O4. The van der Waals surface area contributed by atoms with Gasteiger partial charge in [-0.15, -0.1) is 0 Å². The van der Waals surface area contributed by atoms with Crippen molar-refractivity contribution < 1.29 is 9.53 Å². The van der Waals surface area contributed by atoms with Crippen molar-refractivity contribution in [3.63, 3.8) is 0 Å². The second-order valence-electron chi connectivity index (χ2n) is 7.99. The second kappa shape index (κ2) is 9.77. The van der Waals surface area contributed by atoms with Crippen LogP contribution in [0.3, 0.4) is 0 Å². The van der Waals surface area contributed by atoms with Gasteiger partial charge < -0.3 is 14.5 Å². The standard InChI is InChI=1S/C25H28N4O4/c1-3-33-25(32)29-15-13-28(14-16-29)22-21(23(30)27(2)24(31)26-22)17-19-11-7-8-12-20(19)18-9-5-4-6-10-18/h4-12H,3,13-17H2,1-2H3,(H,26,31). The number of piperazine rings is 1. The SMILES string of the molecule is CCOC(=O)N1CCN(c2[nH]c(=O)n(C)c(=O)c2Cc2ccccc2-c2ccccc2)CC1. The first kappa shape index (κ1) is 22.4. The van der Waals surface area contributed by atoms with Crippen LogP contribution < -0.4 is 16.1 Å². The molecule has 1 aliphatic rings. The molecule has 1 saturated heterocycles. The lowest BCUT2D eigenvalue weighted by Gasteiger charge is -2.35. The first-order valence-corrected chi connectivity index (χ1v) is 11.1. The van der Waals surface area contributed by atoms with Crippen molar-refractivity contribution >= 4 is 11.9 Å². The van der Waals surface area contributed by atoms with Gasteiger partial charge in [-0.3, -0.25) is 14.3 Å². The van der Waals surface area contributed by atoms with E-state index < -0.39 is 5.69 Å². The van der Waals surface area contributed by atoms with Crippen LogP contribution in [0.25, 0.3) is 11.1 Å². The van der Waals surface area contributed by atoms with Crippen molar-refractivity contribution in [2.75, 3.05) is 37.7 Å². The molecule has 0 aliphatic carbocycles. The molecule has 0 radical (unpaired) electrons. The zero-order chi connectivity index (χ0) is 23.4. The van der Waals surface area contributed by atoms with Crippen molar-refractivity contribution in [2.45, 2.75) is 13.3 Å². The number of nitrogens with one attached hydrogen (secondary N) is 1. The summed E-state index contributed by atoms with van der Waals surface area (Å²) in [6, 6.07) is 18.0. The van der Waals surface area contributed by atoms with E-state index in [0.29, 0.717) is 50.6 Å². The first-order chi connectivity index (χ1) is 16.0. The molecule has 2 aromatic carbocycles. The predicted octanol–water partition coefficient (Wildman–Crippen LogP) is 2.61. The normalized spacial score (nSPS) is 13.8. The molecule has 2 heterocycles. The van der Waals surface area contributed by atoms with Crippen LogP contribution in [0.4, 0.5) is 10.6 Å². The molecule has 33 heavy (non-hydrogen) atoms. The molecule has 4 rings (SSSR count). The van der Waals surface area contributed by atoms with Gasteiger partial charge in [0, 0.05) is 39.6 Å². The quantitative estimate of drug-likeness (QED) is 0.648. The zero-order valence-corrected chi connectivity index (χ0v) is 18.9. The Balaban J connectivity index is 1.69. The first-order valence-electron chi connectivity index (χ1n) is 11.1. The summed E-state index contributed by atoms with van der Waals surface area (Å²) in [6.07, 6.45) is 0.0358. The van der Waals surface area contributed by atoms with E-state index in [1.807, 2.05) is 59.5 Å². The Morgan fingerprint density at radius 3 is 2.33 bits per heavy atom. The van der Waals surface area contributed by atoms with Gasteiger partial charge in [-0.25, -0.2) is 9.59 Å². The van der Waals surface area contributed by atoms with Crippen LogP contribution in [0.5, 0.6) is 0 Å². The molecule has 8 heteroatoms. The summed E-state index contributed by atoms with van der Waals surface area (Å²) in [5.41, 5.74) is 2.88. The number of carbonyl (C=O) groups is 1. The highest BCUT2D eigenvalue weighted by Crippen LogP contribution is 2.27. The molecular weight excluding hydrogens is 420 g/mol. The molecule has 1 amide bonds. The average Bonchev–Trinajstić information content (AvgIpc) is 2.85. The lowest BCUT2D eigenvalue weighted by Crippen LogP contribution is -2.50. The second-order valence-corrected chi connectivity index (χ2v) is 7.99. The molecule has 0 atom stereocenters. The summed E-state index contributed by atoms with van der Waals surface area (Å²) < 4.78 is 6.20. The van der Waals surface area contributed by atoms with Crippen LogP contribution in [0.15, 0.2) is 64.2 Å². The van der Waals surface area contributed by atoms with E-state index in [1.165, 1.54) is 7.05 Å². The van der Waals surface area contributed by atoms with Gasteiger partial charge in [0.1, 0.15) is 5.82 Å². The number of anilines is 1. The number of hydrogen-bond acceptors (Lipinski definition) is 5. The summed E-state index contributed by atoms with van der Waals surface area (Å²) in [4.78, 5) is 44.2. The van der Waals surface area contributed by atoms with E-state index in [2.05, 4.69) is 4.98 Å². The fourth-order valence-electron chi connectivity index (χ4n) is 4.18. The van der Waals surface area contributed by atoms with Gasteiger partial charge in [0.15, 0.2) is 0 Å². The molecule has 1 N–H and O–H groups in total. The van der Waals surface area contributed by atoms with Crippen molar-refractivity contribution in [3.05, 3.63) is 86.6 Å². The maximum atomic E-state index is 13.2. The van der Waals surface area contributed by atoms with E-state index in [9.17, 15) is 14.4 Å². The Morgan fingerprint density at radius 2 is 1.64 bits per heavy atom. The molecule has 172 valence electrons. The number of hydrogen-bond donors (Lipinski definition) is 1. The Labute approximate surface area is 192 Å². The van der Waals surface area contributed by atoms with E-state index in [1.54, 1.807) is 11.8 Å². The van der Waals surface area contributed by atoms with Crippen molar-refractivity contribution in [1.82, 2.24) is 14.5 Å². The van der Waals surface area contributed by atoms with Crippen molar-refractivity contribution in [2.24, 2.45) is 7.05 Å². The molecule has 0 spiro atoms. The van der Waals surface area contributed by atoms with Crippen LogP contribution in [-0.4, -0.2) is 53.3 Å². The minimum atomic E-state index is -0.456. The highest BCUT2D eigenvalue weighted by atomic mass is 16.6. The van der Waals surface area contributed by atoms with Gasteiger partial charge in [-0.05, 0) is 23.6 Å². The number of benzene rings is 2. The molecule has 1 aromatic heterocycles. The zero-order valence-electron chi connectivity index (χ0n) is 18.9. The van der Waals surface area contributed by atoms with Crippen LogP contribution in [0.1, 0.15) is 18.1 Å². The topological polar surface area (TPSA) is 87.6 Å². The summed E-state index contributed by atoms with van der Waals surface area (Å²) in [5, 5.41) is 0. The third-order valence-electron chi connectivity index (χ3n) is 5.97. The molecule has 1 fully saturated rings. The van der Waals surface area contributed by atoms with Crippen molar-refractivity contribution in [1.29, 1.82) is 0 Å². The molecule has 3 aromatic rings. The maximum Gasteiger partial charge on any atom is 0.409 e. The Kier molecular flexibility index (Phi) is 6.63. The van der Waals surface area contributed by atoms with Crippen LogP contribution in [0, 0.1) is 0 Å². The van der Waals surface area contributed by atoms with E-state index >= 15 is 0 Å². The minimum absolute atomic E-state index is 0.315. The lowest BCUT2D eigenvalue weighted by atomic mass is 9.95. The van der Waals surface area contributed by atoms with Gasteiger partial charge in [0.25, 0.3) is 5.56 Å². The fraction of sp³-hybridized carbons (Fsp3) is 0.320. The minimum Gasteiger partial charge on any atom is -0.450 e. The average molecular weight is 449 g/mol. The summed E-state index contributed by atoms with van der Waals surface area (Å²) in [5.74, 6) is 0.523. The number of aromatic nitrogens is 2. The van der Waals surface area contributed by atoms with Gasteiger partial charge in [0.05, 0.1) is 12.2 Å². The summed E-state index contributed by atoms with van der Waals surface area (Å²) in [6.45, 7) is 4.00. The molecule has 8 nitrogen and oxygen atoms in total. The maximum absolute atomic E-state index is 13.2. The Morgan fingerprint density at radius 1 is 0.970 bits per heavy atom. The number of carbonyl (C=O) groups excluding carboxylic acids is 1. The number of H-pyrrole nitrogens is 1. The van der Waals surface area contributed by atoms with Gasteiger partial charge in [-0.1, -0.05) is 54.6 Å². The highest BCUT2D eigenvalue weighted by molar-refractivity contribution is 5.69. The molecule has 0 unspecified atom stereocenters. The van der Waals surface area contributed by atoms with Gasteiger partial charge >= 0.3 is 11.8 Å². The Bertz CT molecular complexity index is 1240. The van der Waals surface area contributed by atoms with Crippen LogP contribution in [-0.2, 0) is 18.2 Å². The number of rotatable bonds is 5. The number of amides is 1. The fourth-order valence-corrected chi connectivity index (χ4v) is 4.18. The van der Waals surface area contributed by atoms with Crippen LogP contribution >= 0.6 is 0 Å².